The molecule has 23 heavy (non-hydrogen) atoms. The van der Waals surface area contributed by atoms with Crippen molar-refractivity contribution in [1.82, 2.24) is 19.7 Å². The molecule has 2 bridgehead atoms. The van der Waals surface area contributed by atoms with Crippen LogP contribution in [0.5, 0.6) is 0 Å². The highest BCUT2D eigenvalue weighted by Gasteiger charge is 2.46. The van der Waals surface area contributed by atoms with E-state index in [1.54, 1.807) is 25.6 Å². The van der Waals surface area contributed by atoms with Crippen LogP contribution in [0.15, 0.2) is 27.9 Å². The van der Waals surface area contributed by atoms with Crippen LogP contribution in [0.4, 0.5) is 11.6 Å². The lowest BCUT2D eigenvalue weighted by atomic mass is 9.87. The van der Waals surface area contributed by atoms with Gasteiger partial charge in [0.2, 0.25) is 5.95 Å². The summed E-state index contributed by atoms with van der Waals surface area (Å²) in [5, 5.41) is 4.31. The SMILES string of the molecule is Cn1ncc(N2CC3CC(C2)N3c2ncc(Br)cn2)c(Cl)c1=O. The first-order chi connectivity index (χ1) is 11.0. The van der Waals surface area contributed by atoms with Gasteiger partial charge >= 0.3 is 0 Å². The van der Waals surface area contributed by atoms with Crippen molar-refractivity contribution in [2.24, 2.45) is 7.05 Å². The molecule has 3 aliphatic rings. The molecule has 2 aromatic heterocycles. The average molecular weight is 398 g/mol. The molecule has 3 saturated heterocycles. The van der Waals surface area contributed by atoms with Crippen LogP contribution in [-0.2, 0) is 7.05 Å². The number of hydrogen-bond acceptors (Lipinski definition) is 6. The Morgan fingerprint density at radius 1 is 1.22 bits per heavy atom. The van der Waals surface area contributed by atoms with E-state index in [4.69, 9.17) is 11.6 Å². The first-order valence-electron chi connectivity index (χ1n) is 7.27. The number of rotatable bonds is 2. The van der Waals surface area contributed by atoms with Crippen molar-refractivity contribution >= 4 is 39.2 Å². The molecule has 2 atom stereocenters. The van der Waals surface area contributed by atoms with Gasteiger partial charge in [-0.25, -0.2) is 14.6 Å². The fraction of sp³-hybridized carbons (Fsp3) is 0.429. The summed E-state index contributed by atoms with van der Waals surface area (Å²) in [4.78, 5) is 25.1. The van der Waals surface area contributed by atoms with Gasteiger partial charge in [-0.15, -0.1) is 0 Å². The smallest absolute Gasteiger partial charge is 0.287 e. The Morgan fingerprint density at radius 3 is 2.52 bits per heavy atom. The average Bonchev–Trinajstić information content (AvgIpc) is 2.55. The largest absolute Gasteiger partial charge is 0.365 e. The standard InChI is InChI=1S/C14H14BrClN6O/c1-20-13(23)12(16)11(5-19-20)21-6-9-2-10(7-21)22(9)14-17-3-8(15)4-18-14/h3-5,9-10H,2,6-7H2,1H3. The van der Waals surface area contributed by atoms with E-state index in [-0.39, 0.29) is 10.6 Å². The van der Waals surface area contributed by atoms with Crippen molar-refractivity contribution in [2.45, 2.75) is 18.5 Å². The lowest BCUT2D eigenvalue weighted by Gasteiger charge is -2.56. The third kappa shape index (κ3) is 2.40. The number of nitrogens with zero attached hydrogens (tertiary/aromatic N) is 6. The maximum absolute atomic E-state index is 11.9. The zero-order valence-corrected chi connectivity index (χ0v) is 14.7. The topological polar surface area (TPSA) is 67.2 Å². The van der Waals surface area contributed by atoms with Crippen molar-refractivity contribution in [3.05, 3.63) is 38.4 Å². The summed E-state index contributed by atoms with van der Waals surface area (Å²) in [5.74, 6) is 0.752. The van der Waals surface area contributed by atoms with Gasteiger partial charge in [0.25, 0.3) is 5.56 Å². The summed E-state index contributed by atoms with van der Waals surface area (Å²) in [6.45, 7) is 1.56. The summed E-state index contributed by atoms with van der Waals surface area (Å²) in [6, 6.07) is 0.658. The molecule has 2 unspecified atom stereocenters. The third-order valence-corrected chi connectivity index (χ3v) is 5.20. The number of anilines is 2. The van der Waals surface area contributed by atoms with E-state index in [0.717, 1.165) is 29.9 Å². The Balaban J connectivity index is 1.57. The van der Waals surface area contributed by atoms with Gasteiger partial charge in [0.1, 0.15) is 5.02 Å². The quantitative estimate of drug-likeness (QED) is 0.764. The maximum atomic E-state index is 11.9. The molecule has 0 amide bonds. The summed E-state index contributed by atoms with van der Waals surface area (Å²) in [6.07, 6.45) is 6.28. The Hall–Kier alpha value is -1.67. The number of hydrogen-bond donors (Lipinski definition) is 0. The summed E-state index contributed by atoms with van der Waals surface area (Å²) < 4.78 is 2.12. The Bertz CT molecular complexity index is 798. The molecule has 2 aromatic rings. The second kappa shape index (κ2) is 5.45. The molecular formula is C14H14BrClN6O. The Labute approximate surface area is 146 Å². The minimum atomic E-state index is -0.267. The van der Waals surface area contributed by atoms with Crippen LogP contribution in [0.25, 0.3) is 0 Å². The van der Waals surface area contributed by atoms with Crippen molar-refractivity contribution in [3.63, 3.8) is 0 Å². The lowest BCUT2D eigenvalue weighted by molar-refractivity contribution is 0.286. The molecule has 0 radical (unpaired) electrons. The number of piperidine rings is 1. The lowest BCUT2D eigenvalue weighted by Crippen LogP contribution is -2.69. The number of halogens is 2. The molecule has 0 aliphatic carbocycles. The summed E-state index contributed by atoms with van der Waals surface area (Å²) >= 11 is 9.56. The monoisotopic (exact) mass is 396 g/mol. The van der Waals surface area contributed by atoms with Crippen molar-refractivity contribution in [1.29, 1.82) is 0 Å². The molecule has 120 valence electrons. The highest BCUT2D eigenvalue weighted by molar-refractivity contribution is 9.10. The van der Waals surface area contributed by atoms with E-state index in [2.05, 4.69) is 40.8 Å². The van der Waals surface area contributed by atoms with Crippen molar-refractivity contribution < 1.29 is 0 Å². The first-order valence-corrected chi connectivity index (χ1v) is 8.44. The van der Waals surface area contributed by atoms with Gasteiger partial charge < -0.3 is 9.80 Å². The molecule has 5 rings (SSSR count). The van der Waals surface area contributed by atoms with Crippen LogP contribution in [0, 0.1) is 0 Å². The second-order valence-corrected chi connectivity index (χ2v) is 7.12. The second-order valence-electron chi connectivity index (χ2n) is 5.83. The van der Waals surface area contributed by atoms with E-state index in [1.807, 2.05) is 0 Å². The van der Waals surface area contributed by atoms with Crippen molar-refractivity contribution in [3.8, 4) is 0 Å². The van der Waals surface area contributed by atoms with E-state index in [9.17, 15) is 4.79 Å². The zero-order valence-electron chi connectivity index (χ0n) is 12.4. The van der Waals surface area contributed by atoms with E-state index < -0.39 is 0 Å². The highest BCUT2D eigenvalue weighted by Crippen LogP contribution is 2.37. The van der Waals surface area contributed by atoms with Gasteiger partial charge in [0.15, 0.2) is 0 Å². The van der Waals surface area contributed by atoms with Gasteiger partial charge in [-0.2, -0.15) is 5.10 Å². The fourth-order valence-electron chi connectivity index (χ4n) is 3.29. The van der Waals surface area contributed by atoms with E-state index in [1.165, 1.54) is 4.68 Å². The minimum absolute atomic E-state index is 0.232. The molecule has 0 aromatic carbocycles. The Morgan fingerprint density at radius 2 is 1.87 bits per heavy atom. The predicted octanol–water partition coefficient (Wildman–Crippen LogP) is 1.45. The number of aromatic nitrogens is 4. The van der Waals surface area contributed by atoms with Gasteiger partial charge in [-0.1, -0.05) is 11.6 Å². The van der Waals surface area contributed by atoms with Gasteiger partial charge in [-0.3, -0.25) is 4.79 Å². The first kappa shape index (κ1) is 14.9. The Kier molecular flexibility index (Phi) is 3.53. The number of aryl methyl sites for hydroxylation is 1. The molecular weight excluding hydrogens is 384 g/mol. The van der Waals surface area contributed by atoms with Crippen LogP contribution < -0.4 is 15.4 Å². The van der Waals surface area contributed by atoms with Crippen LogP contribution >= 0.6 is 27.5 Å². The molecule has 3 aliphatic heterocycles. The minimum Gasteiger partial charge on any atom is -0.365 e. The molecule has 3 fully saturated rings. The maximum Gasteiger partial charge on any atom is 0.287 e. The van der Waals surface area contributed by atoms with Gasteiger partial charge in [-0.05, 0) is 22.4 Å². The normalized spacial score (nSPS) is 22.9. The molecule has 0 saturated carbocycles. The molecule has 0 spiro atoms. The number of piperazine rings is 1. The van der Waals surface area contributed by atoms with Gasteiger partial charge in [0.05, 0.1) is 28.4 Å². The molecule has 9 heteroatoms. The van der Waals surface area contributed by atoms with Crippen molar-refractivity contribution in [2.75, 3.05) is 22.9 Å². The van der Waals surface area contributed by atoms with E-state index >= 15 is 0 Å². The summed E-state index contributed by atoms with van der Waals surface area (Å²) in [5.41, 5.74) is 0.442. The van der Waals surface area contributed by atoms with Crippen LogP contribution in [0.3, 0.4) is 0 Å². The van der Waals surface area contributed by atoms with E-state index in [0.29, 0.717) is 17.8 Å². The predicted molar refractivity (Wildman–Crippen MR) is 91.1 cm³/mol. The highest BCUT2D eigenvalue weighted by atomic mass is 79.9. The third-order valence-electron chi connectivity index (χ3n) is 4.43. The molecule has 0 N–H and O–H groups in total. The molecule has 7 nitrogen and oxygen atoms in total. The van der Waals surface area contributed by atoms with Crippen LogP contribution in [0.2, 0.25) is 5.02 Å². The fourth-order valence-corrected chi connectivity index (χ4v) is 3.79. The van der Waals surface area contributed by atoms with Gasteiger partial charge in [0, 0.05) is 32.5 Å². The molecule has 5 heterocycles. The summed E-state index contributed by atoms with van der Waals surface area (Å²) in [7, 11) is 1.60. The van der Waals surface area contributed by atoms with Crippen LogP contribution in [0.1, 0.15) is 6.42 Å². The number of fused-ring (bicyclic) bond motifs is 2. The van der Waals surface area contributed by atoms with Crippen LogP contribution in [-0.4, -0.2) is 44.9 Å². The zero-order chi connectivity index (χ0) is 16.1.